The summed E-state index contributed by atoms with van der Waals surface area (Å²) in [5, 5.41) is 8.79. The fourth-order valence-corrected chi connectivity index (χ4v) is 4.15. The number of rotatable bonds is 4. The molecule has 30 heavy (non-hydrogen) atoms. The standard InChI is InChI=1S/C21H23N9/c1-5-16-20-27-26-14(4)30(20)17-12-24-21(25-19(17)29(16)13(2)3)28-11-10-23-18(28)15-6-8-22-9-7-15/h6-13,16H,5H2,1-4H3/t16-/m1/s1. The largest absolute Gasteiger partial charge is 0.342 e. The van der Waals surface area contributed by atoms with E-state index in [0.29, 0.717) is 5.95 Å². The molecule has 0 N–H and O–H groups in total. The van der Waals surface area contributed by atoms with Gasteiger partial charge in [0.15, 0.2) is 11.6 Å². The highest BCUT2D eigenvalue weighted by Gasteiger charge is 2.36. The minimum atomic E-state index is 0.101. The number of imidazole rings is 1. The summed E-state index contributed by atoms with van der Waals surface area (Å²) < 4.78 is 3.98. The van der Waals surface area contributed by atoms with Crippen molar-refractivity contribution >= 4 is 5.82 Å². The topological polar surface area (TPSA) is 90.4 Å². The van der Waals surface area contributed by atoms with Crippen LogP contribution in [-0.4, -0.2) is 45.3 Å². The third-order valence-electron chi connectivity index (χ3n) is 5.44. The molecule has 4 aromatic rings. The molecule has 152 valence electrons. The van der Waals surface area contributed by atoms with Crippen molar-refractivity contribution in [2.75, 3.05) is 4.90 Å². The SMILES string of the molecule is CC[C@@H]1c2nnc(C)n2-c2cnc(-n3ccnc3-c3ccncc3)nc2N1C(C)C. The van der Waals surface area contributed by atoms with E-state index in [1.807, 2.05) is 36.0 Å². The Morgan fingerprint density at radius 1 is 1.07 bits per heavy atom. The molecule has 0 aliphatic carbocycles. The molecule has 0 bridgehead atoms. The number of pyridine rings is 1. The van der Waals surface area contributed by atoms with Crippen LogP contribution in [0.25, 0.3) is 23.0 Å². The van der Waals surface area contributed by atoms with Crippen molar-refractivity contribution in [1.29, 1.82) is 0 Å². The highest BCUT2D eigenvalue weighted by atomic mass is 15.4. The van der Waals surface area contributed by atoms with Crippen molar-refractivity contribution in [3.05, 3.63) is 54.8 Å². The van der Waals surface area contributed by atoms with Gasteiger partial charge in [0.25, 0.3) is 0 Å². The molecule has 0 saturated heterocycles. The predicted octanol–water partition coefficient (Wildman–Crippen LogP) is 3.29. The smallest absolute Gasteiger partial charge is 0.237 e. The van der Waals surface area contributed by atoms with Gasteiger partial charge in [-0.25, -0.2) is 9.97 Å². The number of nitrogens with zero attached hydrogens (tertiary/aromatic N) is 9. The molecule has 1 atom stereocenters. The van der Waals surface area contributed by atoms with Gasteiger partial charge < -0.3 is 4.90 Å². The zero-order valence-electron chi connectivity index (χ0n) is 17.4. The van der Waals surface area contributed by atoms with Gasteiger partial charge in [-0.15, -0.1) is 10.2 Å². The second-order valence-corrected chi connectivity index (χ2v) is 7.60. The number of fused-ring (bicyclic) bond motifs is 3. The summed E-state index contributed by atoms with van der Waals surface area (Å²) in [6.45, 7) is 8.47. The van der Waals surface area contributed by atoms with Crippen LogP contribution in [0.3, 0.4) is 0 Å². The first kappa shape index (κ1) is 18.4. The molecule has 5 rings (SSSR count). The molecular weight excluding hydrogens is 378 g/mol. The highest BCUT2D eigenvalue weighted by Crippen LogP contribution is 2.40. The second kappa shape index (κ2) is 7.01. The van der Waals surface area contributed by atoms with E-state index in [4.69, 9.17) is 4.98 Å². The Kier molecular flexibility index (Phi) is 4.30. The first-order valence-corrected chi connectivity index (χ1v) is 10.1. The minimum absolute atomic E-state index is 0.101. The lowest BCUT2D eigenvalue weighted by molar-refractivity contribution is 0.496. The Bertz CT molecular complexity index is 1190. The molecule has 9 heteroatoms. The maximum absolute atomic E-state index is 5.01. The van der Waals surface area contributed by atoms with Gasteiger partial charge in [0.05, 0.1) is 12.2 Å². The van der Waals surface area contributed by atoms with E-state index < -0.39 is 0 Å². The minimum Gasteiger partial charge on any atom is -0.342 e. The van der Waals surface area contributed by atoms with E-state index in [9.17, 15) is 0 Å². The summed E-state index contributed by atoms with van der Waals surface area (Å²) in [5.74, 6) is 4.01. The molecule has 0 fully saturated rings. The van der Waals surface area contributed by atoms with Gasteiger partial charge in [-0.2, -0.15) is 4.98 Å². The fraction of sp³-hybridized carbons (Fsp3) is 0.333. The summed E-state index contributed by atoms with van der Waals surface area (Å²) in [4.78, 5) is 20.6. The predicted molar refractivity (Wildman–Crippen MR) is 113 cm³/mol. The van der Waals surface area contributed by atoms with Crippen molar-refractivity contribution in [3.63, 3.8) is 0 Å². The Morgan fingerprint density at radius 2 is 1.87 bits per heavy atom. The van der Waals surface area contributed by atoms with Crippen LogP contribution in [0.1, 0.15) is 44.9 Å². The average Bonchev–Trinajstić information content (AvgIpc) is 3.40. The Balaban J connectivity index is 1.70. The molecule has 1 aliphatic heterocycles. The van der Waals surface area contributed by atoms with Gasteiger partial charge >= 0.3 is 0 Å². The first-order chi connectivity index (χ1) is 14.6. The van der Waals surface area contributed by atoms with Crippen LogP contribution in [0.4, 0.5) is 5.82 Å². The lowest BCUT2D eigenvalue weighted by atomic mass is 10.1. The average molecular weight is 401 g/mol. The van der Waals surface area contributed by atoms with Gasteiger partial charge in [-0.1, -0.05) is 6.92 Å². The normalized spacial score (nSPS) is 15.4. The van der Waals surface area contributed by atoms with Crippen LogP contribution in [0.5, 0.6) is 0 Å². The lowest BCUT2D eigenvalue weighted by Gasteiger charge is -2.39. The van der Waals surface area contributed by atoms with Crippen molar-refractivity contribution < 1.29 is 0 Å². The van der Waals surface area contributed by atoms with E-state index in [0.717, 1.165) is 41.0 Å². The van der Waals surface area contributed by atoms with Gasteiger partial charge in [0.1, 0.15) is 17.3 Å². The summed E-state index contributed by atoms with van der Waals surface area (Å²) in [5.41, 5.74) is 1.86. The van der Waals surface area contributed by atoms with E-state index >= 15 is 0 Å². The molecule has 4 aromatic heterocycles. The Hall–Kier alpha value is -3.62. The molecule has 0 amide bonds. The maximum Gasteiger partial charge on any atom is 0.237 e. The van der Waals surface area contributed by atoms with E-state index in [1.54, 1.807) is 18.6 Å². The Labute approximate surface area is 174 Å². The van der Waals surface area contributed by atoms with Gasteiger partial charge in [0, 0.05) is 36.4 Å². The summed E-state index contributed by atoms with van der Waals surface area (Å²) in [7, 11) is 0. The van der Waals surface area contributed by atoms with Gasteiger partial charge in [-0.05, 0) is 39.3 Å². The van der Waals surface area contributed by atoms with Crippen molar-refractivity contribution in [3.8, 4) is 23.0 Å². The van der Waals surface area contributed by atoms with Crippen LogP contribution in [0, 0.1) is 6.92 Å². The Morgan fingerprint density at radius 3 is 2.60 bits per heavy atom. The van der Waals surface area contributed by atoms with Crippen molar-refractivity contribution in [2.24, 2.45) is 0 Å². The molecule has 0 saturated carbocycles. The second-order valence-electron chi connectivity index (χ2n) is 7.60. The fourth-order valence-electron chi connectivity index (χ4n) is 4.15. The molecule has 5 heterocycles. The van der Waals surface area contributed by atoms with Gasteiger partial charge in [-0.3, -0.25) is 14.1 Å². The van der Waals surface area contributed by atoms with E-state index in [1.165, 1.54) is 0 Å². The monoisotopic (exact) mass is 401 g/mol. The number of anilines is 1. The lowest BCUT2D eigenvalue weighted by Crippen LogP contribution is -2.40. The number of hydrogen-bond acceptors (Lipinski definition) is 7. The van der Waals surface area contributed by atoms with E-state index in [2.05, 4.69) is 55.4 Å². The molecule has 9 nitrogen and oxygen atoms in total. The van der Waals surface area contributed by atoms with Crippen LogP contribution >= 0.6 is 0 Å². The molecule has 0 spiro atoms. The molecule has 0 radical (unpaired) electrons. The molecule has 1 aliphatic rings. The molecule has 0 unspecified atom stereocenters. The molecule has 0 aromatic carbocycles. The number of aromatic nitrogens is 8. The number of hydrogen-bond donors (Lipinski definition) is 0. The van der Waals surface area contributed by atoms with Crippen molar-refractivity contribution in [1.82, 2.24) is 39.3 Å². The van der Waals surface area contributed by atoms with Crippen LogP contribution < -0.4 is 4.90 Å². The summed E-state index contributed by atoms with van der Waals surface area (Å²) in [6.07, 6.45) is 9.91. The summed E-state index contributed by atoms with van der Waals surface area (Å²) >= 11 is 0. The molecular formula is C21H23N9. The van der Waals surface area contributed by atoms with Crippen molar-refractivity contribution in [2.45, 2.75) is 46.2 Å². The van der Waals surface area contributed by atoms with Crippen LogP contribution in [0.2, 0.25) is 0 Å². The number of aryl methyl sites for hydroxylation is 1. The van der Waals surface area contributed by atoms with Crippen LogP contribution in [-0.2, 0) is 0 Å². The summed E-state index contributed by atoms with van der Waals surface area (Å²) in [6, 6.07) is 4.20. The highest BCUT2D eigenvalue weighted by molar-refractivity contribution is 5.64. The third-order valence-corrected chi connectivity index (χ3v) is 5.44. The van der Waals surface area contributed by atoms with Gasteiger partial charge in [0.2, 0.25) is 5.95 Å². The quantitative estimate of drug-likeness (QED) is 0.518. The van der Waals surface area contributed by atoms with E-state index in [-0.39, 0.29) is 12.1 Å². The zero-order valence-corrected chi connectivity index (χ0v) is 17.4. The maximum atomic E-state index is 5.01. The third kappa shape index (κ3) is 2.69. The zero-order chi connectivity index (χ0) is 20.8. The van der Waals surface area contributed by atoms with Crippen LogP contribution in [0.15, 0.2) is 43.1 Å². The first-order valence-electron chi connectivity index (χ1n) is 10.1.